The maximum absolute atomic E-state index is 11.7. The lowest BCUT2D eigenvalue weighted by Crippen LogP contribution is -2.55. The van der Waals surface area contributed by atoms with Gasteiger partial charge in [0.15, 0.2) is 0 Å². The average molecular weight is 217 g/mol. The Morgan fingerprint density at radius 1 is 1.19 bits per heavy atom. The van der Waals surface area contributed by atoms with Gasteiger partial charge in [-0.15, -0.1) is 0 Å². The number of benzene rings is 1. The minimum Gasteiger partial charge on any atom is -0.332 e. The zero-order chi connectivity index (χ0) is 11.7. The first-order chi connectivity index (χ1) is 7.61. The van der Waals surface area contributed by atoms with Gasteiger partial charge in [-0.05, 0) is 18.4 Å². The fourth-order valence-electron chi connectivity index (χ4n) is 2.41. The molecule has 2 nitrogen and oxygen atoms in total. The topological polar surface area (TPSA) is 20.3 Å². The zero-order valence-electron chi connectivity index (χ0n) is 10.2. The van der Waals surface area contributed by atoms with Gasteiger partial charge in [-0.1, -0.05) is 44.2 Å². The summed E-state index contributed by atoms with van der Waals surface area (Å²) in [6.07, 6.45) is 0.717. The van der Waals surface area contributed by atoms with Crippen molar-refractivity contribution in [2.75, 3.05) is 0 Å². The standard InChI is InChI=1S/C14H19NO/c1-10(2)13-9-14(16)15(13)11(3)12-7-5-4-6-8-12/h4-8,10-11,13H,9H2,1-3H3/t11?,13-/m1/s1. The van der Waals surface area contributed by atoms with E-state index in [0.29, 0.717) is 12.0 Å². The highest BCUT2D eigenvalue weighted by atomic mass is 16.2. The Morgan fingerprint density at radius 2 is 1.81 bits per heavy atom. The van der Waals surface area contributed by atoms with Crippen LogP contribution in [0.3, 0.4) is 0 Å². The molecule has 0 aliphatic carbocycles. The summed E-state index contributed by atoms with van der Waals surface area (Å²) in [4.78, 5) is 13.7. The second-order valence-electron chi connectivity index (χ2n) is 4.90. The van der Waals surface area contributed by atoms with Crippen molar-refractivity contribution in [3.8, 4) is 0 Å². The summed E-state index contributed by atoms with van der Waals surface area (Å²) in [5.74, 6) is 0.832. The molecule has 0 spiro atoms. The third-order valence-electron chi connectivity index (χ3n) is 3.50. The lowest BCUT2D eigenvalue weighted by molar-refractivity contribution is -0.152. The predicted octanol–water partition coefficient (Wildman–Crippen LogP) is 3.00. The van der Waals surface area contributed by atoms with E-state index in [2.05, 4.69) is 32.9 Å². The number of amides is 1. The maximum atomic E-state index is 11.7. The van der Waals surface area contributed by atoms with Gasteiger partial charge in [-0.25, -0.2) is 0 Å². The number of hydrogen-bond donors (Lipinski definition) is 0. The minimum atomic E-state index is 0.204. The molecule has 2 atom stereocenters. The summed E-state index contributed by atoms with van der Waals surface area (Å²) in [6, 6.07) is 10.9. The van der Waals surface area contributed by atoms with Crippen molar-refractivity contribution in [1.82, 2.24) is 4.90 Å². The maximum Gasteiger partial charge on any atom is 0.225 e. The number of likely N-dealkylation sites (tertiary alicyclic amines) is 1. The first kappa shape index (κ1) is 11.2. The molecule has 1 fully saturated rings. The van der Waals surface area contributed by atoms with E-state index >= 15 is 0 Å². The van der Waals surface area contributed by atoms with Crippen LogP contribution in [0.25, 0.3) is 0 Å². The molecule has 1 unspecified atom stereocenters. The molecule has 0 radical (unpaired) electrons. The van der Waals surface area contributed by atoms with Crippen LogP contribution in [0, 0.1) is 5.92 Å². The van der Waals surface area contributed by atoms with E-state index in [1.54, 1.807) is 0 Å². The minimum absolute atomic E-state index is 0.204. The number of nitrogens with zero attached hydrogens (tertiary/aromatic N) is 1. The van der Waals surface area contributed by atoms with E-state index in [1.807, 2.05) is 23.1 Å². The van der Waals surface area contributed by atoms with Gasteiger partial charge in [0.1, 0.15) is 0 Å². The summed E-state index contributed by atoms with van der Waals surface area (Å²) in [5, 5.41) is 0. The van der Waals surface area contributed by atoms with E-state index in [0.717, 1.165) is 6.42 Å². The van der Waals surface area contributed by atoms with Gasteiger partial charge in [0.25, 0.3) is 0 Å². The van der Waals surface area contributed by atoms with Crippen molar-refractivity contribution in [2.45, 2.75) is 39.3 Å². The summed E-state index contributed by atoms with van der Waals surface area (Å²) >= 11 is 0. The van der Waals surface area contributed by atoms with Crippen LogP contribution in [0.5, 0.6) is 0 Å². The molecule has 0 saturated carbocycles. The van der Waals surface area contributed by atoms with Crippen LogP contribution in [0.2, 0.25) is 0 Å². The van der Waals surface area contributed by atoms with E-state index < -0.39 is 0 Å². The van der Waals surface area contributed by atoms with Gasteiger partial charge in [0.05, 0.1) is 6.04 Å². The molecule has 2 heteroatoms. The molecule has 86 valence electrons. The van der Waals surface area contributed by atoms with E-state index in [4.69, 9.17) is 0 Å². The van der Waals surface area contributed by atoms with E-state index in [1.165, 1.54) is 5.56 Å². The second-order valence-corrected chi connectivity index (χ2v) is 4.90. The van der Waals surface area contributed by atoms with Crippen LogP contribution in [0.1, 0.15) is 38.8 Å². The van der Waals surface area contributed by atoms with Crippen molar-refractivity contribution < 1.29 is 4.79 Å². The zero-order valence-corrected chi connectivity index (χ0v) is 10.2. The Labute approximate surface area is 97.3 Å². The molecule has 1 aliphatic rings. The first-order valence-corrected chi connectivity index (χ1v) is 5.97. The van der Waals surface area contributed by atoms with Crippen molar-refractivity contribution in [1.29, 1.82) is 0 Å². The Balaban J connectivity index is 2.15. The molecule has 1 amide bonds. The SMILES string of the molecule is CC(C)[C@H]1CC(=O)N1C(C)c1ccccc1. The number of β-lactam (4-membered cyclic amide) rings is 1. The van der Waals surface area contributed by atoms with Crippen LogP contribution in [0.4, 0.5) is 0 Å². The van der Waals surface area contributed by atoms with Crippen molar-refractivity contribution in [3.63, 3.8) is 0 Å². The molecule has 0 aromatic heterocycles. The second kappa shape index (κ2) is 4.28. The van der Waals surface area contributed by atoms with Gasteiger partial charge in [-0.2, -0.15) is 0 Å². The Morgan fingerprint density at radius 3 is 2.31 bits per heavy atom. The molecule has 1 saturated heterocycles. The Kier molecular flexibility index (Phi) is 2.99. The molecule has 1 aromatic rings. The first-order valence-electron chi connectivity index (χ1n) is 5.97. The highest BCUT2D eigenvalue weighted by molar-refractivity contribution is 5.83. The van der Waals surface area contributed by atoms with Crippen LogP contribution in [-0.4, -0.2) is 16.8 Å². The van der Waals surface area contributed by atoms with Crippen LogP contribution < -0.4 is 0 Å². The summed E-state index contributed by atoms with van der Waals surface area (Å²) in [6.45, 7) is 6.48. The van der Waals surface area contributed by atoms with Gasteiger partial charge < -0.3 is 4.90 Å². The van der Waals surface area contributed by atoms with Crippen molar-refractivity contribution in [2.24, 2.45) is 5.92 Å². The Bertz CT molecular complexity index is 372. The predicted molar refractivity (Wildman–Crippen MR) is 64.9 cm³/mol. The molecule has 2 rings (SSSR count). The number of rotatable bonds is 3. The molecule has 1 aliphatic heterocycles. The molecule has 16 heavy (non-hydrogen) atoms. The third-order valence-corrected chi connectivity index (χ3v) is 3.50. The molecule has 0 N–H and O–H groups in total. The number of carbonyl (C=O) groups excluding carboxylic acids is 1. The normalized spacial score (nSPS) is 22.1. The lowest BCUT2D eigenvalue weighted by atomic mass is 9.88. The Hall–Kier alpha value is -1.31. The van der Waals surface area contributed by atoms with Gasteiger partial charge in [0, 0.05) is 12.5 Å². The third kappa shape index (κ3) is 1.84. The van der Waals surface area contributed by atoms with Crippen LogP contribution in [0.15, 0.2) is 30.3 Å². The highest BCUT2D eigenvalue weighted by Gasteiger charge is 2.40. The van der Waals surface area contributed by atoms with Gasteiger partial charge >= 0.3 is 0 Å². The van der Waals surface area contributed by atoms with Crippen LogP contribution in [-0.2, 0) is 4.79 Å². The monoisotopic (exact) mass is 217 g/mol. The van der Waals surface area contributed by atoms with Gasteiger partial charge in [0.2, 0.25) is 5.91 Å². The number of carbonyl (C=O) groups is 1. The largest absolute Gasteiger partial charge is 0.332 e. The van der Waals surface area contributed by atoms with Crippen molar-refractivity contribution >= 4 is 5.91 Å². The smallest absolute Gasteiger partial charge is 0.225 e. The average Bonchev–Trinajstić information content (AvgIpc) is 2.26. The van der Waals surface area contributed by atoms with Crippen LogP contribution >= 0.6 is 0 Å². The summed E-state index contributed by atoms with van der Waals surface area (Å²) in [7, 11) is 0. The van der Waals surface area contributed by atoms with E-state index in [-0.39, 0.29) is 11.9 Å². The number of hydrogen-bond acceptors (Lipinski definition) is 1. The molecule has 1 aromatic carbocycles. The molecule has 1 heterocycles. The fourth-order valence-corrected chi connectivity index (χ4v) is 2.41. The van der Waals surface area contributed by atoms with E-state index in [9.17, 15) is 4.79 Å². The highest BCUT2D eigenvalue weighted by Crippen LogP contribution is 2.34. The molecule has 0 bridgehead atoms. The molecular weight excluding hydrogens is 198 g/mol. The van der Waals surface area contributed by atoms with Gasteiger partial charge in [-0.3, -0.25) is 4.79 Å². The quantitative estimate of drug-likeness (QED) is 0.713. The lowest BCUT2D eigenvalue weighted by Gasteiger charge is -2.47. The van der Waals surface area contributed by atoms with Crippen molar-refractivity contribution in [3.05, 3.63) is 35.9 Å². The summed E-state index contributed by atoms with van der Waals surface area (Å²) < 4.78 is 0. The fraction of sp³-hybridized carbons (Fsp3) is 0.500. The summed E-state index contributed by atoms with van der Waals surface area (Å²) in [5.41, 5.74) is 1.22. The molecular formula is C14H19NO.